The van der Waals surface area contributed by atoms with Crippen molar-refractivity contribution in [2.75, 3.05) is 17.2 Å². The van der Waals surface area contributed by atoms with Crippen LogP contribution < -0.4 is 20.7 Å². The van der Waals surface area contributed by atoms with Crippen LogP contribution in [0.5, 0.6) is 5.75 Å². The SMILES string of the molecule is CC(=O)Nc1ccccc1OCC(=O)Nc1cccc(C(=O)NC2CC2)c1. The normalized spacial score (nSPS) is 12.8. The van der Waals surface area contributed by atoms with Crippen molar-refractivity contribution >= 4 is 29.1 Å². The fourth-order valence-electron chi connectivity index (χ4n) is 2.46. The van der Waals surface area contributed by atoms with Gasteiger partial charge < -0.3 is 20.7 Å². The molecule has 0 aliphatic heterocycles. The molecule has 3 rings (SSSR count). The molecule has 3 N–H and O–H groups in total. The molecule has 1 aliphatic rings. The van der Waals surface area contributed by atoms with E-state index in [1.54, 1.807) is 48.5 Å². The first-order chi connectivity index (χ1) is 13.0. The van der Waals surface area contributed by atoms with Gasteiger partial charge in [0.05, 0.1) is 5.69 Å². The molecule has 1 fully saturated rings. The standard InChI is InChI=1S/C20H21N3O4/c1-13(24)21-17-7-2-3-8-18(17)27-12-19(25)22-16-6-4-5-14(11-16)20(26)23-15-9-10-15/h2-8,11,15H,9-10,12H2,1H3,(H,21,24)(H,22,25)(H,23,26). The predicted octanol–water partition coefficient (Wildman–Crippen LogP) is 2.55. The van der Waals surface area contributed by atoms with Gasteiger partial charge in [0.15, 0.2) is 6.61 Å². The predicted molar refractivity (Wildman–Crippen MR) is 102 cm³/mol. The molecule has 0 heterocycles. The average Bonchev–Trinajstić information content (AvgIpc) is 3.45. The molecule has 7 nitrogen and oxygen atoms in total. The van der Waals surface area contributed by atoms with Crippen LogP contribution in [0.2, 0.25) is 0 Å². The third-order valence-electron chi connectivity index (χ3n) is 3.88. The summed E-state index contributed by atoms with van der Waals surface area (Å²) in [4.78, 5) is 35.5. The molecule has 7 heteroatoms. The Labute approximate surface area is 157 Å². The Kier molecular flexibility index (Phi) is 5.71. The molecule has 0 spiro atoms. The maximum Gasteiger partial charge on any atom is 0.262 e. The lowest BCUT2D eigenvalue weighted by Gasteiger charge is -2.12. The van der Waals surface area contributed by atoms with E-state index in [-0.39, 0.29) is 30.4 Å². The van der Waals surface area contributed by atoms with Crippen LogP contribution in [0, 0.1) is 0 Å². The van der Waals surface area contributed by atoms with Gasteiger partial charge in [-0.3, -0.25) is 14.4 Å². The lowest BCUT2D eigenvalue weighted by atomic mass is 10.2. The average molecular weight is 367 g/mol. The summed E-state index contributed by atoms with van der Waals surface area (Å²) in [6.07, 6.45) is 2.03. The van der Waals surface area contributed by atoms with Crippen LogP contribution in [0.15, 0.2) is 48.5 Å². The van der Waals surface area contributed by atoms with Crippen LogP contribution in [0.4, 0.5) is 11.4 Å². The Morgan fingerprint density at radius 3 is 2.56 bits per heavy atom. The van der Waals surface area contributed by atoms with Crippen molar-refractivity contribution < 1.29 is 19.1 Å². The van der Waals surface area contributed by atoms with E-state index in [1.165, 1.54) is 6.92 Å². The van der Waals surface area contributed by atoms with Gasteiger partial charge in [-0.1, -0.05) is 18.2 Å². The molecule has 1 saturated carbocycles. The molecule has 0 radical (unpaired) electrons. The van der Waals surface area contributed by atoms with Gasteiger partial charge in [0.2, 0.25) is 5.91 Å². The van der Waals surface area contributed by atoms with Crippen LogP contribution in [-0.2, 0) is 9.59 Å². The molecule has 0 aromatic heterocycles. The molecule has 2 aromatic carbocycles. The van der Waals surface area contributed by atoms with E-state index >= 15 is 0 Å². The number of carbonyl (C=O) groups is 3. The summed E-state index contributed by atoms with van der Waals surface area (Å²) in [6.45, 7) is 1.17. The van der Waals surface area contributed by atoms with Crippen LogP contribution in [0.1, 0.15) is 30.1 Å². The number of benzene rings is 2. The Morgan fingerprint density at radius 1 is 1.04 bits per heavy atom. The van der Waals surface area contributed by atoms with Gasteiger partial charge in [-0.25, -0.2) is 0 Å². The maximum absolute atomic E-state index is 12.2. The van der Waals surface area contributed by atoms with E-state index in [1.807, 2.05) is 0 Å². The van der Waals surface area contributed by atoms with E-state index in [0.29, 0.717) is 22.7 Å². The van der Waals surface area contributed by atoms with Crippen molar-refractivity contribution in [2.24, 2.45) is 0 Å². The van der Waals surface area contributed by atoms with Crippen molar-refractivity contribution in [3.8, 4) is 5.75 Å². The highest BCUT2D eigenvalue weighted by Crippen LogP contribution is 2.23. The number of para-hydroxylation sites is 2. The largest absolute Gasteiger partial charge is 0.482 e. The number of ether oxygens (including phenoxy) is 1. The lowest BCUT2D eigenvalue weighted by molar-refractivity contribution is -0.118. The number of hydrogen-bond acceptors (Lipinski definition) is 4. The summed E-state index contributed by atoms with van der Waals surface area (Å²) in [7, 11) is 0. The highest BCUT2D eigenvalue weighted by atomic mass is 16.5. The smallest absolute Gasteiger partial charge is 0.262 e. The number of amides is 3. The fourth-order valence-corrected chi connectivity index (χ4v) is 2.46. The van der Waals surface area contributed by atoms with Crippen LogP contribution in [0.25, 0.3) is 0 Å². The van der Waals surface area contributed by atoms with Crippen LogP contribution >= 0.6 is 0 Å². The van der Waals surface area contributed by atoms with Crippen LogP contribution in [-0.4, -0.2) is 30.4 Å². The third-order valence-corrected chi connectivity index (χ3v) is 3.88. The number of carbonyl (C=O) groups excluding carboxylic acids is 3. The topological polar surface area (TPSA) is 96.5 Å². The lowest BCUT2D eigenvalue weighted by Crippen LogP contribution is -2.25. The van der Waals surface area contributed by atoms with Crippen LogP contribution in [0.3, 0.4) is 0 Å². The second-order valence-electron chi connectivity index (χ2n) is 6.34. The molecular formula is C20H21N3O4. The van der Waals surface area contributed by atoms with E-state index < -0.39 is 0 Å². The van der Waals surface area contributed by atoms with Gasteiger partial charge in [-0.2, -0.15) is 0 Å². The molecule has 3 amide bonds. The number of nitrogens with one attached hydrogen (secondary N) is 3. The van der Waals surface area contributed by atoms with E-state index in [9.17, 15) is 14.4 Å². The zero-order valence-corrected chi connectivity index (χ0v) is 15.0. The first-order valence-electron chi connectivity index (χ1n) is 8.71. The summed E-state index contributed by atoms with van der Waals surface area (Å²) in [5.41, 5.74) is 1.51. The molecular weight excluding hydrogens is 346 g/mol. The Morgan fingerprint density at radius 2 is 1.81 bits per heavy atom. The quantitative estimate of drug-likeness (QED) is 0.701. The van der Waals surface area contributed by atoms with Crippen molar-refractivity contribution in [2.45, 2.75) is 25.8 Å². The maximum atomic E-state index is 12.2. The Balaban J connectivity index is 1.57. The van der Waals surface area contributed by atoms with E-state index in [2.05, 4.69) is 16.0 Å². The monoisotopic (exact) mass is 367 g/mol. The Hall–Kier alpha value is -3.35. The molecule has 0 unspecified atom stereocenters. The highest BCUT2D eigenvalue weighted by Gasteiger charge is 2.23. The van der Waals surface area contributed by atoms with Gasteiger partial charge in [0, 0.05) is 24.2 Å². The molecule has 2 aromatic rings. The van der Waals surface area contributed by atoms with Crippen molar-refractivity contribution in [3.63, 3.8) is 0 Å². The number of hydrogen-bond donors (Lipinski definition) is 3. The third kappa shape index (κ3) is 5.57. The summed E-state index contributed by atoms with van der Waals surface area (Å²) < 4.78 is 5.50. The minimum Gasteiger partial charge on any atom is -0.482 e. The van der Waals surface area contributed by atoms with Gasteiger partial charge in [-0.15, -0.1) is 0 Å². The second-order valence-corrected chi connectivity index (χ2v) is 6.34. The zero-order chi connectivity index (χ0) is 19.2. The van der Waals surface area contributed by atoms with Crippen molar-refractivity contribution in [3.05, 3.63) is 54.1 Å². The summed E-state index contributed by atoms with van der Waals surface area (Å²) in [5, 5.41) is 8.26. The molecule has 0 bridgehead atoms. The van der Waals surface area contributed by atoms with Gasteiger partial charge in [0.25, 0.3) is 11.8 Å². The molecule has 0 atom stereocenters. The molecule has 27 heavy (non-hydrogen) atoms. The minimum atomic E-state index is -0.368. The van der Waals surface area contributed by atoms with Gasteiger partial charge in [-0.05, 0) is 43.2 Å². The zero-order valence-electron chi connectivity index (χ0n) is 15.0. The van der Waals surface area contributed by atoms with Gasteiger partial charge in [0.1, 0.15) is 5.75 Å². The fraction of sp³-hybridized carbons (Fsp3) is 0.250. The Bertz CT molecular complexity index is 862. The minimum absolute atomic E-state index is 0.144. The molecule has 0 saturated heterocycles. The molecule has 140 valence electrons. The first-order valence-corrected chi connectivity index (χ1v) is 8.71. The number of anilines is 2. The van der Waals surface area contributed by atoms with E-state index in [4.69, 9.17) is 4.74 Å². The molecule has 1 aliphatic carbocycles. The van der Waals surface area contributed by atoms with Crippen molar-refractivity contribution in [1.82, 2.24) is 5.32 Å². The first kappa shape index (κ1) is 18.4. The highest BCUT2D eigenvalue weighted by molar-refractivity contribution is 5.97. The summed E-state index contributed by atoms with van der Waals surface area (Å²) in [6, 6.07) is 13.9. The van der Waals surface area contributed by atoms with E-state index in [0.717, 1.165) is 12.8 Å². The van der Waals surface area contributed by atoms with Gasteiger partial charge >= 0.3 is 0 Å². The number of rotatable bonds is 7. The summed E-state index contributed by atoms with van der Waals surface area (Å²) >= 11 is 0. The van der Waals surface area contributed by atoms with Crippen molar-refractivity contribution in [1.29, 1.82) is 0 Å². The second kappa shape index (κ2) is 8.35. The summed E-state index contributed by atoms with van der Waals surface area (Å²) in [5.74, 6) is -0.335.